The zero-order valence-electron chi connectivity index (χ0n) is 13.5. The molecule has 2 aromatic heterocycles. The first-order valence-electron chi connectivity index (χ1n) is 8.58. The Bertz CT molecular complexity index is 708. The minimum Gasteiger partial charge on any atom is -0.348 e. The highest BCUT2D eigenvalue weighted by Gasteiger charge is 2.27. The molecule has 23 heavy (non-hydrogen) atoms. The van der Waals surface area contributed by atoms with E-state index in [-0.39, 0.29) is 11.9 Å². The van der Waals surface area contributed by atoms with Crippen LogP contribution in [0.5, 0.6) is 0 Å². The van der Waals surface area contributed by atoms with Gasteiger partial charge in [0, 0.05) is 23.5 Å². The van der Waals surface area contributed by atoms with Crippen molar-refractivity contribution in [3.05, 3.63) is 34.9 Å². The van der Waals surface area contributed by atoms with Crippen LogP contribution in [0.25, 0.3) is 0 Å². The Labute approximate surface area is 135 Å². The second kappa shape index (κ2) is 5.83. The predicted octanol–water partition coefficient (Wildman–Crippen LogP) is 2.32. The SMILES string of the molecule is Cc1cnn(C2CCC(NC(=O)c3n[nH]c4c3CCC4)CC2)c1. The third kappa shape index (κ3) is 2.78. The van der Waals surface area contributed by atoms with Gasteiger partial charge in [-0.05, 0) is 57.4 Å². The van der Waals surface area contributed by atoms with E-state index < -0.39 is 0 Å². The maximum absolute atomic E-state index is 12.5. The number of amides is 1. The van der Waals surface area contributed by atoms with Gasteiger partial charge in [-0.15, -0.1) is 0 Å². The second-order valence-corrected chi connectivity index (χ2v) is 6.86. The van der Waals surface area contributed by atoms with E-state index in [1.807, 2.05) is 6.20 Å². The first kappa shape index (κ1) is 14.5. The number of aryl methyl sites for hydroxylation is 2. The van der Waals surface area contributed by atoms with E-state index in [9.17, 15) is 4.79 Å². The Kier molecular flexibility index (Phi) is 3.67. The van der Waals surface area contributed by atoms with Crippen LogP contribution in [0.2, 0.25) is 0 Å². The molecule has 0 atom stereocenters. The van der Waals surface area contributed by atoms with Crippen LogP contribution in [-0.2, 0) is 12.8 Å². The van der Waals surface area contributed by atoms with E-state index in [4.69, 9.17) is 0 Å². The molecule has 2 heterocycles. The van der Waals surface area contributed by atoms with Gasteiger partial charge in [0.25, 0.3) is 5.91 Å². The van der Waals surface area contributed by atoms with Crippen LogP contribution in [0.4, 0.5) is 0 Å². The van der Waals surface area contributed by atoms with Crippen molar-refractivity contribution < 1.29 is 4.79 Å². The average Bonchev–Trinajstić information content (AvgIpc) is 3.24. The minimum atomic E-state index is -0.0113. The van der Waals surface area contributed by atoms with Gasteiger partial charge in [-0.25, -0.2) is 0 Å². The fraction of sp³-hybridized carbons (Fsp3) is 0.588. The summed E-state index contributed by atoms with van der Waals surface area (Å²) in [6.07, 6.45) is 11.3. The molecule has 6 heteroatoms. The van der Waals surface area contributed by atoms with Gasteiger partial charge < -0.3 is 5.32 Å². The molecule has 0 aromatic carbocycles. The molecule has 0 radical (unpaired) electrons. The fourth-order valence-electron chi connectivity index (χ4n) is 3.88. The highest BCUT2D eigenvalue weighted by molar-refractivity contribution is 5.94. The number of carbonyl (C=O) groups excluding carboxylic acids is 1. The van der Waals surface area contributed by atoms with Crippen LogP contribution in [0, 0.1) is 6.92 Å². The van der Waals surface area contributed by atoms with Crippen molar-refractivity contribution in [1.29, 1.82) is 0 Å². The molecule has 2 aliphatic rings. The largest absolute Gasteiger partial charge is 0.348 e. The molecular weight excluding hydrogens is 290 g/mol. The molecule has 2 aromatic rings. The Hall–Kier alpha value is -2.11. The lowest BCUT2D eigenvalue weighted by Gasteiger charge is -2.29. The number of hydrogen-bond donors (Lipinski definition) is 2. The number of H-pyrrole nitrogens is 1. The standard InChI is InChI=1S/C17H23N5O/c1-11-9-18-22(10-11)13-7-5-12(6-8-13)19-17(23)16-14-3-2-4-15(14)20-21-16/h9-10,12-13H,2-8H2,1H3,(H,19,23)(H,20,21). The normalized spacial score (nSPS) is 23.7. The van der Waals surface area contributed by atoms with Crippen molar-refractivity contribution in [3.8, 4) is 0 Å². The Morgan fingerprint density at radius 1 is 1.30 bits per heavy atom. The molecule has 122 valence electrons. The van der Waals surface area contributed by atoms with Crippen LogP contribution in [0.1, 0.15) is 65.5 Å². The lowest BCUT2D eigenvalue weighted by molar-refractivity contribution is 0.0915. The number of carbonyl (C=O) groups is 1. The van der Waals surface area contributed by atoms with E-state index in [0.29, 0.717) is 11.7 Å². The third-order valence-electron chi connectivity index (χ3n) is 5.16. The molecular formula is C17H23N5O. The molecule has 0 bridgehead atoms. The van der Waals surface area contributed by atoms with Crippen LogP contribution in [0.15, 0.2) is 12.4 Å². The summed E-state index contributed by atoms with van der Waals surface area (Å²) >= 11 is 0. The van der Waals surface area contributed by atoms with Gasteiger partial charge in [-0.2, -0.15) is 10.2 Å². The minimum absolute atomic E-state index is 0.0113. The number of rotatable bonds is 3. The molecule has 4 rings (SSSR count). The summed E-state index contributed by atoms with van der Waals surface area (Å²) in [7, 11) is 0. The molecule has 1 fully saturated rings. The van der Waals surface area contributed by atoms with E-state index >= 15 is 0 Å². The van der Waals surface area contributed by atoms with E-state index in [1.165, 1.54) is 5.56 Å². The second-order valence-electron chi connectivity index (χ2n) is 6.86. The monoisotopic (exact) mass is 313 g/mol. The Morgan fingerprint density at radius 3 is 2.87 bits per heavy atom. The van der Waals surface area contributed by atoms with Crippen LogP contribution >= 0.6 is 0 Å². The van der Waals surface area contributed by atoms with Gasteiger partial charge in [0.1, 0.15) is 0 Å². The van der Waals surface area contributed by atoms with Gasteiger partial charge in [0.05, 0.1) is 12.2 Å². The van der Waals surface area contributed by atoms with Crippen molar-refractivity contribution in [2.75, 3.05) is 0 Å². The van der Waals surface area contributed by atoms with Crippen molar-refractivity contribution in [3.63, 3.8) is 0 Å². The van der Waals surface area contributed by atoms with Crippen molar-refractivity contribution in [2.45, 2.75) is 64.0 Å². The number of nitrogens with one attached hydrogen (secondary N) is 2. The maximum Gasteiger partial charge on any atom is 0.272 e. The quantitative estimate of drug-likeness (QED) is 0.913. The fourth-order valence-corrected chi connectivity index (χ4v) is 3.88. The number of aromatic amines is 1. The van der Waals surface area contributed by atoms with Crippen molar-refractivity contribution in [1.82, 2.24) is 25.3 Å². The number of aromatic nitrogens is 4. The smallest absolute Gasteiger partial charge is 0.272 e. The lowest BCUT2D eigenvalue weighted by Crippen LogP contribution is -2.38. The maximum atomic E-state index is 12.5. The molecule has 6 nitrogen and oxygen atoms in total. The summed E-state index contributed by atoms with van der Waals surface area (Å²) in [6, 6.07) is 0.718. The average molecular weight is 313 g/mol. The number of nitrogens with zero attached hydrogens (tertiary/aromatic N) is 3. The highest BCUT2D eigenvalue weighted by Crippen LogP contribution is 2.29. The molecule has 0 spiro atoms. The van der Waals surface area contributed by atoms with E-state index in [0.717, 1.165) is 56.2 Å². The Balaban J connectivity index is 1.35. The summed E-state index contributed by atoms with van der Waals surface area (Å²) in [5, 5.41) is 14.8. The molecule has 0 saturated heterocycles. The van der Waals surface area contributed by atoms with Crippen LogP contribution < -0.4 is 5.32 Å². The van der Waals surface area contributed by atoms with Crippen LogP contribution in [0.3, 0.4) is 0 Å². The van der Waals surface area contributed by atoms with Crippen molar-refractivity contribution >= 4 is 5.91 Å². The first-order chi connectivity index (χ1) is 11.2. The summed E-state index contributed by atoms with van der Waals surface area (Å²) in [4.78, 5) is 12.5. The summed E-state index contributed by atoms with van der Waals surface area (Å²) < 4.78 is 2.08. The Morgan fingerprint density at radius 2 is 2.13 bits per heavy atom. The highest BCUT2D eigenvalue weighted by atomic mass is 16.2. The lowest BCUT2D eigenvalue weighted by atomic mass is 9.91. The molecule has 2 aliphatic carbocycles. The molecule has 1 saturated carbocycles. The predicted molar refractivity (Wildman–Crippen MR) is 86.3 cm³/mol. The zero-order chi connectivity index (χ0) is 15.8. The van der Waals surface area contributed by atoms with Crippen LogP contribution in [-0.4, -0.2) is 31.9 Å². The summed E-state index contributed by atoms with van der Waals surface area (Å²) in [5.74, 6) is -0.0113. The summed E-state index contributed by atoms with van der Waals surface area (Å²) in [6.45, 7) is 2.07. The molecule has 0 aliphatic heterocycles. The van der Waals surface area contributed by atoms with Crippen molar-refractivity contribution in [2.24, 2.45) is 0 Å². The van der Waals surface area contributed by atoms with E-state index in [2.05, 4.69) is 38.4 Å². The van der Waals surface area contributed by atoms with Gasteiger partial charge in [-0.3, -0.25) is 14.6 Å². The first-order valence-corrected chi connectivity index (χ1v) is 8.58. The molecule has 2 N–H and O–H groups in total. The zero-order valence-corrected chi connectivity index (χ0v) is 13.5. The van der Waals surface area contributed by atoms with Gasteiger partial charge in [0.15, 0.2) is 5.69 Å². The van der Waals surface area contributed by atoms with E-state index in [1.54, 1.807) is 0 Å². The number of hydrogen-bond acceptors (Lipinski definition) is 3. The molecule has 0 unspecified atom stereocenters. The summed E-state index contributed by atoms with van der Waals surface area (Å²) in [5.41, 5.74) is 4.09. The third-order valence-corrected chi connectivity index (χ3v) is 5.16. The van der Waals surface area contributed by atoms with Gasteiger partial charge in [0.2, 0.25) is 0 Å². The number of fused-ring (bicyclic) bond motifs is 1. The topological polar surface area (TPSA) is 75.6 Å². The molecule has 1 amide bonds. The van der Waals surface area contributed by atoms with Gasteiger partial charge >= 0.3 is 0 Å². The van der Waals surface area contributed by atoms with Gasteiger partial charge in [-0.1, -0.05) is 0 Å².